The zero-order valence-electron chi connectivity index (χ0n) is 7.75. The molecular weight excluding hydrogens is 148 g/mol. The van der Waals surface area contributed by atoms with Gasteiger partial charge >= 0.3 is 0 Å². The van der Waals surface area contributed by atoms with Crippen LogP contribution < -0.4 is 5.73 Å². The SMILES string of the molecule is CCC(C)Cc1ccncc1N. The average Bonchev–Trinajstić information content (AvgIpc) is 2.09. The summed E-state index contributed by atoms with van der Waals surface area (Å²) in [7, 11) is 0. The van der Waals surface area contributed by atoms with Gasteiger partial charge in [-0.25, -0.2) is 0 Å². The van der Waals surface area contributed by atoms with Gasteiger partial charge in [0.1, 0.15) is 0 Å². The van der Waals surface area contributed by atoms with Crippen molar-refractivity contribution in [2.45, 2.75) is 26.7 Å². The van der Waals surface area contributed by atoms with E-state index in [0.29, 0.717) is 5.92 Å². The average molecular weight is 164 g/mol. The van der Waals surface area contributed by atoms with Crippen molar-refractivity contribution in [3.63, 3.8) is 0 Å². The van der Waals surface area contributed by atoms with E-state index in [-0.39, 0.29) is 0 Å². The zero-order valence-corrected chi connectivity index (χ0v) is 7.75. The summed E-state index contributed by atoms with van der Waals surface area (Å²) in [6.07, 6.45) is 5.78. The van der Waals surface area contributed by atoms with Crippen LogP contribution in [0.1, 0.15) is 25.8 Å². The number of hydrogen-bond acceptors (Lipinski definition) is 2. The third kappa shape index (κ3) is 2.22. The van der Waals surface area contributed by atoms with E-state index in [0.717, 1.165) is 12.1 Å². The highest BCUT2D eigenvalue weighted by Gasteiger charge is 2.03. The van der Waals surface area contributed by atoms with Gasteiger partial charge in [0.2, 0.25) is 0 Å². The molecule has 1 atom stereocenters. The Kier molecular flexibility index (Phi) is 3.09. The molecule has 0 radical (unpaired) electrons. The fraction of sp³-hybridized carbons (Fsp3) is 0.500. The first-order valence-electron chi connectivity index (χ1n) is 4.42. The highest BCUT2D eigenvalue weighted by molar-refractivity contribution is 5.43. The number of aromatic nitrogens is 1. The molecule has 0 aromatic carbocycles. The number of nitrogen functional groups attached to an aromatic ring is 1. The molecule has 1 rings (SSSR count). The van der Waals surface area contributed by atoms with Gasteiger partial charge in [-0.1, -0.05) is 20.3 Å². The Labute approximate surface area is 73.8 Å². The van der Waals surface area contributed by atoms with Crippen LogP contribution in [0.25, 0.3) is 0 Å². The minimum absolute atomic E-state index is 0.703. The van der Waals surface area contributed by atoms with Crippen molar-refractivity contribution < 1.29 is 0 Å². The fourth-order valence-electron chi connectivity index (χ4n) is 1.14. The highest BCUT2D eigenvalue weighted by Crippen LogP contribution is 2.15. The number of anilines is 1. The molecule has 2 nitrogen and oxygen atoms in total. The van der Waals surface area contributed by atoms with Crippen molar-refractivity contribution in [3.8, 4) is 0 Å². The lowest BCUT2D eigenvalue weighted by molar-refractivity contribution is 0.561. The van der Waals surface area contributed by atoms with Crippen molar-refractivity contribution in [2.75, 3.05) is 5.73 Å². The van der Waals surface area contributed by atoms with Gasteiger partial charge in [0.05, 0.1) is 11.9 Å². The Balaban J connectivity index is 2.69. The van der Waals surface area contributed by atoms with E-state index >= 15 is 0 Å². The maximum atomic E-state index is 5.76. The predicted molar refractivity (Wildman–Crippen MR) is 51.8 cm³/mol. The molecule has 0 saturated carbocycles. The van der Waals surface area contributed by atoms with E-state index in [1.54, 1.807) is 12.4 Å². The molecule has 66 valence electrons. The third-order valence-corrected chi connectivity index (χ3v) is 2.21. The summed E-state index contributed by atoms with van der Waals surface area (Å²) in [6.45, 7) is 4.43. The molecule has 2 N–H and O–H groups in total. The summed E-state index contributed by atoms with van der Waals surface area (Å²) in [6, 6.07) is 2.00. The largest absolute Gasteiger partial charge is 0.397 e. The van der Waals surface area contributed by atoms with Crippen LogP contribution in [0.2, 0.25) is 0 Å². The summed E-state index contributed by atoms with van der Waals surface area (Å²) >= 11 is 0. The lowest BCUT2D eigenvalue weighted by Gasteiger charge is -2.09. The van der Waals surface area contributed by atoms with Gasteiger partial charge in [-0.2, -0.15) is 0 Å². The molecule has 12 heavy (non-hydrogen) atoms. The van der Waals surface area contributed by atoms with Crippen molar-refractivity contribution >= 4 is 5.69 Å². The lowest BCUT2D eigenvalue weighted by Crippen LogP contribution is -2.01. The summed E-state index contributed by atoms with van der Waals surface area (Å²) in [4.78, 5) is 3.95. The molecule has 0 aliphatic rings. The second kappa shape index (κ2) is 4.10. The van der Waals surface area contributed by atoms with Gasteiger partial charge in [-0.3, -0.25) is 4.98 Å². The van der Waals surface area contributed by atoms with E-state index in [4.69, 9.17) is 5.73 Å². The lowest BCUT2D eigenvalue weighted by atomic mass is 9.99. The van der Waals surface area contributed by atoms with Crippen LogP contribution in [0.4, 0.5) is 5.69 Å². The summed E-state index contributed by atoms with van der Waals surface area (Å²) in [5, 5.41) is 0. The van der Waals surface area contributed by atoms with Crippen molar-refractivity contribution in [2.24, 2.45) is 5.92 Å². The molecule has 0 fully saturated rings. The van der Waals surface area contributed by atoms with Gasteiger partial charge in [0.15, 0.2) is 0 Å². The Bertz CT molecular complexity index is 245. The first-order chi connectivity index (χ1) is 5.74. The van der Waals surface area contributed by atoms with Crippen LogP contribution >= 0.6 is 0 Å². The van der Waals surface area contributed by atoms with E-state index < -0.39 is 0 Å². The second-order valence-corrected chi connectivity index (χ2v) is 3.29. The Morgan fingerprint density at radius 3 is 2.92 bits per heavy atom. The molecule has 0 aliphatic carbocycles. The van der Waals surface area contributed by atoms with Crippen LogP contribution in [0, 0.1) is 5.92 Å². The van der Waals surface area contributed by atoms with Crippen LogP contribution in [0.3, 0.4) is 0 Å². The summed E-state index contributed by atoms with van der Waals surface area (Å²) in [5.41, 5.74) is 7.80. The second-order valence-electron chi connectivity index (χ2n) is 3.29. The van der Waals surface area contributed by atoms with Gasteiger partial charge in [-0.15, -0.1) is 0 Å². The molecule has 0 amide bonds. The first kappa shape index (κ1) is 9.04. The van der Waals surface area contributed by atoms with E-state index in [9.17, 15) is 0 Å². The maximum absolute atomic E-state index is 5.76. The highest BCUT2D eigenvalue weighted by atomic mass is 14.7. The molecule has 2 heteroatoms. The molecule has 1 unspecified atom stereocenters. The maximum Gasteiger partial charge on any atom is 0.0533 e. The van der Waals surface area contributed by atoms with Crippen LogP contribution in [-0.2, 0) is 6.42 Å². The normalized spacial score (nSPS) is 12.8. The zero-order chi connectivity index (χ0) is 8.97. The molecule has 0 bridgehead atoms. The number of nitrogens with zero attached hydrogens (tertiary/aromatic N) is 1. The quantitative estimate of drug-likeness (QED) is 0.744. The Morgan fingerprint density at radius 1 is 1.58 bits per heavy atom. The predicted octanol–water partition coefficient (Wildman–Crippen LogP) is 2.25. The minimum atomic E-state index is 0.703. The Morgan fingerprint density at radius 2 is 2.33 bits per heavy atom. The number of hydrogen-bond donors (Lipinski definition) is 1. The number of rotatable bonds is 3. The van der Waals surface area contributed by atoms with Crippen molar-refractivity contribution in [1.29, 1.82) is 0 Å². The standard InChI is InChI=1S/C10H16N2/c1-3-8(2)6-9-4-5-12-7-10(9)11/h4-5,7-8H,3,6,11H2,1-2H3. The number of nitrogens with two attached hydrogens (primary N) is 1. The molecular formula is C10H16N2. The van der Waals surface area contributed by atoms with Gasteiger partial charge < -0.3 is 5.73 Å². The fourth-order valence-corrected chi connectivity index (χ4v) is 1.14. The molecule has 1 aromatic rings. The molecule has 1 aromatic heterocycles. The smallest absolute Gasteiger partial charge is 0.0533 e. The summed E-state index contributed by atoms with van der Waals surface area (Å²) in [5.74, 6) is 0.703. The molecule has 0 aliphatic heterocycles. The van der Waals surface area contributed by atoms with Crippen molar-refractivity contribution in [1.82, 2.24) is 4.98 Å². The van der Waals surface area contributed by atoms with Gasteiger partial charge in [0, 0.05) is 6.20 Å². The van der Waals surface area contributed by atoms with E-state index in [1.165, 1.54) is 12.0 Å². The van der Waals surface area contributed by atoms with Gasteiger partial charge in [-0.05, 0) is 24.0 Å². The monoisotopic (exact) mass is 164 g/mol. The van der Waals surface area contributed by atoms with Crippen LogP contribution in [0.5, 0.6) is 0 Å². The van der Waals surface area contributed by atoms with E-state index in [1.807, 2.05) is 6.07 Å². The van der Waals surface area contributed by atoms with Crippen LogP contribution in [-0.4, -0.2) is 4.98 Å². The molecule has 1 heterocycles. The topological polar surface area (TPSA) is 38.9 Å². The van der Waals surface area contributed by atoms with E-state index in [2.05, 4.69) is 18.8 Å². The minimum Gasteiger partial charge on any atom is -0.397 e. The van der Waals surface area contributed by atoms with Crippen LogP contribution in [0.15, 0.2) is 18.5 Å². The van der Waals surface area contributed by atoms with Crippen molar-refractivity contribution in [3.05, 3.63) is 24.0 Å². The third-order valence-electron chi connectivity index (χ3n) is 2.21. The van der Waals surface area contributed by atoms with Gasteiger partial charge in [0.25, 0.3) is 0 Å². The Hall–Kier alpha value is -1.05. The molecule has 0 saturated heterocycles. The number of pyridine rings is 1. The summed E-state index contributed by atoms with van der Waals surface area (Å²) < 4.78 is 0. The molecule has 0 spiro atoms. The first-order valence-corrected chi connectivity index (χ1v) is 4.42.